The first-order chi connectivity index (χ1) is 8.09. The van der Waals surface area contributed by atoms with E-state index in [1.807, 2.05) is 26.8 Å². The smallest absolute Gasteiger partial charge is 0.305 e. The highest BCUT2D eigenvalue weighted by molar-refractivity contribution is 9.10. The van der Waals surface area contributed by atoms with Crippen LogP contribution in [0, 0.1) is 0 Å². The summed E-state index contributed by atoms with van der Waals surface area (Å²) in [6.07, 6.45) is -2.56. The van der Waals surface area contributed by atoms with E-state index in [4.69, 9.17) is 0 Å². The third kappa shape index (κ3) is 4.94. The summed E-state index contributed by atoms with van der Waals surface area (Å²) in [6, 6.07) is 1.83. The first-order valence-corrected chi connectivity index (χ1v) is 6.31. The Balaban J connectivity index is 2.76. The molecule has 102 valence electrons. The van der Waals surface area contributed by atoms with Crippen molar-refractivity contribution in [2.24, 2.45) is 0 Å². The van der Waals surface area contributed by atoms with Gasteiger partial charge in [0, 0.05) is 28.3 Å². The van der Waals surface area contributed by atoms with Crippen molar-refractivity contribution < 1.29 is 13.2 Å². The van der Waals surface area contributed by atoms with Crippen LogP contribution in [0.2, 0.25) is 0 Å². The molecule has 0 aromatic carbocycles. The fourth-order valence-corrected chi connectivity index (χ4v) is 1.72. The molecule has 0 aliphatic carbocycles. The molecule has 1 aromatic heterocycles. The number of rotatable bonds is 3. The van der Waals surface area contributed by atoms with Crippen LogP contribution in [0.3, 0.4) is 0 Å². The molecule has 0 saturated carbocycles. The largest absolute Gasteiger partial charge is 0.401 e. The van der Waals surface area contributed by atoms with Gasteiger partial charge in [-0.05, 0) is 27.6 Å². The number of alkyl halides is 3. The van der Waals surface area contributed by atoms with Gasteiger partial charge in [0.25, 0.3) is 0 Å². The molecule has 0 atom stereocenters. The summed E-state index contributed by atoms with van der Waals surface area (Å²) in [7, 11) is 0. The van der Waals surface area contributed by atoms with E-state index in [2.05, 4.69) is 26.2 Å². The van der Waals surface area contributed by atoms with Crippen molar-refractivity contribution >= 4 is 15.9 Å². The summed E-state index contributed by atoms with van der Waals surface area (Å²) in [5, 5.41) is 2.38. The Morgan fingerprint density at radius 2 is 1.89 bits per heavy atom. The van der Waals surface area contributed by atoms with Crippen molar-refractivity contribution in [3.05, 3.63) is 28.0 Å². The number of nitrogens with zero attached hydrogens (tertiary/aromatic N) is 1. The number of aromatic nitrogens is 1. The molecule has 1 heterocycles. The summed E-state index contributed by atoms with van der Waals surface area (Å²) in [4.78, 5) is 4.27. The monoisotopic (exact) mass is 324 g/mol. The van der Waals surface area contributed by atoms with E-state index in [1.165, 1.54) is 0 Å². The zero-order chi connectivity index (χ0) is 14.0. The van der Waals surface area contributed by atoms with Crippen molar-refractivity contribution in [3.8, 4) is 0 Å². The van der Waals surface area contributed by atoms with Crippen LogP contribution in [-0.2, 0) is 12.0 Å². The van der Waals surface area contributed by atoms with Crippen molar-refractivity contribution in [1.29, 1.82) is 0 Å². The SMILES string of the molecule is CC(C)(C)c1cc(CNCC(F)(F)F)c(Br)cn1. The molecule has 0 aliphatic heterocycles. The van der Waals surface area contributed by atoms with Gasteiger partial charge in [-0.1, -0.05) is 20.8 Å². The molecular weight excluding hydrogens is 309 g/mol. The summed E-state index contributed by atoms with van der Waals surface area (Å²) in [5.41, 5.74) is 1.51. The predicted molar refractivity (Wildman–Crippen MR) is 68.4 cm³/mol. The normalized spacial score (nSPS) is 12.8. The summed E-state index contributed by atoms with van der Waals surface area (Å²) in [5.74, 6) is 0. The van der Waals surface area contributed by atoms with Crippen molar-refractivity contribution in [2.45, 2.75) is 38.9 Å². The lowest BCUT2D eigenvalue weighted by Crippen LogP contribution is -2.28. The molecule has 1 N–H and O–H groups in total. The molecule has 0 spiro atoms. The third-order valence-electron chi connectivity index (χ3n) is 2.34. The van der Waals surface area contributed by atoms with E-state index in [1.54, 1.807) is 6.20 Å². The molecule has 0 saturated heterocycles. The highest BCUT2D eigenvalue weighted by Gasteiger charge is 2.26. The average molecular weight is 325 g/mol. The maximum Gasteiger partial charge on any atom is 0.401 e. The summed E-state index contributed by atoms with van der Waals surface area (Å²) >= 11 is 3.29. The lowest BCUT2D eigenvalue weighted by Gasteiger charge is -2.19. The van der Waals surface area contributed by atoms with Gasteiger partial charge in [0.05, 0.1) is 6.54 Å². The minimum atomic E-state index is -4.19. The fraction of sp³-hybridized carbons (Fsp3) is 0.583. The quantitative estimate of drug-likeness (QED) is 0.914. The van der Waals surface area contributed by atoms with Gasteiger partial charge in [-0.2, -0.15) is 13.2 Å². The van der Waals surface area contributed by atoms with E-state index in [-0.39, 0.29) is 12.0 Å². The van der Waals surface area contributed by atoms with Crippen molar-refractivity contribution in [1.82, 2.24) is 10.3 Å². The van der Waals surface area contributed by atoms with Gasteiger partial charge >= 0.3 is 6.18 Å². The second-order valence-electron chi connectivity index (χ2n) is 5.13. The minimum absolute atomic E-state index is 0.126. The molecule has 0 unspecified atom stereocenters. The van der Waals surface area contributed by atoms with E-state index < -0.39 is 12.7 Å². The van der Waals surface area contributed by atoms with Crippen LogP contribution < -0.4 is 5.32 Å². The van der Waals surface area contributed by atoms with Crippen LogP contribution in [0.15, 0.2) is 16.7 Å². The number of nitrogens with one attached hydrogen (secondary N) is 1. The first kappa shape index (κ1) is 15.4. The molecule has 0 fully saturated rings. The highest BCUT2D eigenvalue weighted by atomic mass is 79.9. The minimum Gasteiger partial charge on any atom is -0.305 e. The van der Waals surface area contributed by atoms with E-state index in [0.29, 0.717) is 4.47 Å². The van der Waals surface area contributed by atoms with E-state index in [9.17, 15) is 13.2 Å². The molecule has 1 rings (SSSR count). The molecule has 1 aromatic rings. The second-order valence-corrected chi connectivity index (χ2v) is 5.98. The molecule has 0 radical (unpaired) electrons. The van der Waals surface area contributed by atoms with Crippen LogP contribution in [-0.4, -0.2) is 17.7 Å². The van der Waals surface area contributed by atoms with Crippen LogP contribution in [0.25, 0.3) is 0 Å². The molecule has 0 bridgehead atoms. The Bertz CT molecular complexity index is 411. The number of hydrogen-bond acceptors (Lipinski definition) is 2. The molecular formula is C12H16BrF3N2. The number of hydrogen-bond donors (Lipinski definition) is 1. The number of pyridine rings is 1. The van der Waals surface area contributed by atoms with Crippen molar-refractivity contribution in [2.75, 3.05) is 6.54 Å². The topological polar surface area (TPSA) is 24.9 Å². The van der Waals surface area contributed by atoms with Gasteiger partial charge in [0.2, 0.25) is 0 Å². The van der Waals surface area contributed by atoms with Crippen LogP contribution in [0.5, 0.6) is 0 Å². The van der Waals surface area contributed by atoms with Gasteiger partial charge in [-0.25, -0.2) is 0 Å². The first-order valence-electron chi connectivity index (χ1n) is 5.52. The second kappa shape index (κ2) is 5.57. The predicted octanol–water partition coefficient (Wildman–Crippen LogP) is 3.79. The molecule has 0 aliphatic rings. The van der Waals surface area contributed by atoms with Gasteiger partial charge < -0.3 is 5.32 Å². The third-order valence-corrected chi connectivity index (χ3v) is 3.06. The van der Waals surface area contributed by atoms with Gasteiger partial charge in [0.15, 0.2) is 0 Å². The molecule has 2 nitrogen and oxygen atoms in total. The lowest BCUT2D eigenvalue weighted by molar-refractivity contribution is -0.125. The molecule has 18 heavy (non-hydrogen) atoms. The van der Waals surface area contributed by atoms with E-state index in [0.717, 1.165) is 11.3 Å². The van der Waals surface area contributed by atoms with Gasteiger partial charge in [0.1, 0.15) is 0 Å². The maximum absolute atomic E-state index is 12.0. The highest BCUT2D eigenvalue weighted by Crippen LogP contribution is 2.24. The Hall–Kier alpha value is -0.620. The van der Waals surface area contributed by atoms with Crippen molar-refractivity contribution in [3.63, 3.8) is 0 Å². The van der Waals surface area contributed by atoms with Crippen LogP contribution >= 0.6 is 15.9 Å². The van der Waals surface area contributed by atoms with Crippen LogP contribution in [0.1, 0.15) is 32.0 Å². The average Bonchev–Trinajstić information content (AvgIpc) is 2.17. The zero-order valence-corrected chi connectivity index (χ0v) is 12.1. The van der Waals surface area contributed by atoms with Gasteiger partial charge in [-0.3, -0.25) is 4.98 Å². The Morgan fingerprint density at radius 1 is 1.28 bits per heavy atom. The zero-order valence-electron chi connectivity index (χ0n) is 10.5. The van der Waals surface area contributed by atoms with E-state index >= 15 is 0 Å². The standard InChI is InChI=1S/C12H16BrF3N2/c1-11(2,3)10-4-8(9(13)6-18-10)5-17-7-12(14,15)16/h4,6,17H,5,7H2,1-3H3. The summed E-state index contributed by atoms with van der Waals surface area (Å²) < 4.78 is 36.8. The molecule has 6 heteroatoms. The Morgan fingerprint density at radius 3 is 2.39 bits per heavy atom. The fourth-order valence-electron chi connectivity index (χ4n) is 1.36. The maximum atomic E-state index is 12.0. The lowest BCUT2D eigenvalue weighted by atomic mass is 9.91. The Labute approximate surface area is 113 Å². The van der Waals surface area contributed by atoms with Crippen LogP contribution in [0.4, 0.5) is 13.2 Å². The summed E-state index contributed by atoms with van der Waals surface area (Å²) in [6.45, 7) is 5.20. The van der Waals surface area contributed by atoms with Gasteiger partial charge in [-0.15, -0.1) is 0 Å². The number of halogens is 4. The Kier molecular flexibility index (Phi) is 4.78. The molecule has 0 amide bonds.